The highest BCUT2D eigenvalue weighted by Crippen LogP contribution is 2.25. The average Bonchev–Trinajstić information content (AvgIpc) is 3.33. The fourth-order valence-corrected chi connectivity index (χ4v) is 3.13. The highest BCUT2D eigenvalue weighted by molar-refractivity contribution is 9.10. The molecule has 1 amide bonds. The lowest BCUT2D eigenvalue weighted by Crippen LogP contribution is -2.24. The zero-order valence-electron chi connectivity index (χ0n) is 16.5. The molecule has 0 aliphatic carbocycles. The highest BCUT2D eigenvalue weighted by atomic mass is 79.9. The normalized spacial score (nSPS) is 11.2. The first-order chi connectivity index (χ1) is 15.5. The summed E-state index contributed by atoms with van der Waals surface area (Å²) in [5, 5.41) is 12.1. The fourth-order valence-electron chi connectivity index (χ4n) is 2.87. The molecule has 0 spiro atoms. The van der Waals surface area contributed by atoms with Crippen LogP contribution >= 0.6 is 15.9 Å². The summed E-state index contributed by atoms with van der Waals surface area (Å²) in [4.78, 5) is 30.1. The van der Waals surface area contributed by atoms with E-state index in [1.54, 1.807) is 60.8 Å². The van der Waals surface area contributed by atoms with Crippen LogP contribution in [0.2, 0.25) is 0 Å². The van der Waals surface area contributed by atoms with Crippen molar-refractivity contribution >= 4 is 33.6 Å². The number of nitriles is 1. The monoisotopic (exact) mass is 490 g/mol. The van der Waals surface area contributed by atoms with Crippen molar-refractivity contribution < 1.29 is 13.9 Å². The van der Waals surface area contributed by atoms with Gasteiger partial charge in [0.05, 0.1) is 12.8 Å². The van der Waals surface area contributed by atoms with Crippen LogP contribution in [-0.4, -0.2) is 15.3 Å². The molecule has 0 radical (unpaired) electrons. The van der Waals surface area contributed by atoms with E-state index in [1.807, 2.05) is 6.07 Å². The second-order valence-corrected chi connectivity index (χ2v) is 7.47. The first-order valence-electron chi connectivity index (χ1n) is 9.42. The van der Waals surface area contributed by atoms with Crippen LogP contribution in [0.4, 0.5) is 0 Å². The Hall–Kier alpha value is -4.16. The summed E-state index contributed by atoms with van der Waals surface area (Å²) >= 11 is 3.36. The molecule has 158 valence electrons. The molecule has 0 bridgehead atoms. The number of carbonyl (C=O) groups is 1. The third kappa shape index (κ3) is 4.61. The van der Waals surface area contributed by atoms with E-state index < -0.39 is 11.5 Å². The minimum absolute atomic E-state index is 0.0184. The van der Waals surface area contributed by atoms with Gasteiger partial charge in [0, 0.05) is 10.7 Å². The molecule has 4 aromatic rings. The van der Waals surface area contributed by atoms with Gasteiger partial charge in [0.2, 0.25) is 5.88 Å². The van der Waals surface area contributed by atoms with Crippen molar-refractivity contribution in [1.29, 1.82) is 5.26 Å². The third-order valence-corrected chi connectivity index (χ3v) is 4.95. The van der Waals surface area contributed by atoms with E-state index in [0.717, 1.165) is 4.47 Å². The number of carbonyl (C=O) groups excluding carboxylic acids is 1. The summed E-state index contributed by atoms with van der Waals surface area (Å²) in [5.41, 5.74) is -0.412. The van der Waals surface area contributed by atoms with Gasteiger partial charge in [-0.1, -0.05) is 22.0 Å². The summed E-state index contributed by atoms with van der Waals surface area (Å²) < 4.78 is 13.2. The highest BCUT2D eigenvalue weighted by Gasteiger charge is 2.17. The minimum Gasteiger partial charge on any atom is -0.467 e. The predicted octanol–water partition coefficient (Wildman–Crippen LogP) is 4.07. The molecule has 0 atom stereocenters. The molecule has 1 aromatic carbocycles. The number of hydrogen-bond donors (Lipinski definition) is 1. The van der Waals surface area contributed by atoms with E-state index in [0.29, 0.717) is 17.2 Å². The summed E-state index contributed by atoms with van der Waals surface area (Å²) in [5.74, 6) is 0.296. The number of nitrogens with zero attached hydrogens (tertiary/aromatic N) is 3. The lowest BCUT2D eigenvalue weighted by molar-refractivity contribution is -0.117. The molecule has 3 aromatic heterocycles. The van der Waals surface area contributed by atoms with E-state index in [2.05, 4.69) is 26.2 Å². The van der Waals surface area contributed by atoms with Crippen LogP contribution in [0.25, 0.3) is 11.7 Å². The van der Waals surface area contributed by atoms with Crippen LogP contribution in [0.15, 0.2) is 86.3 Å². The largest absolute Gasteiger partial charge is 0.467 e. The van der Waals surface area contributed by atoms with Crippen LogP contribution < -0.4 is 15.6 Å². The molecule has 4 rings (SSSR count). The molecular formula is C23H15BrN4O4. The van der Waals surface area contributed by atoms with Crippen LogP contribution in [-0.2, 0) is 11.3 Å². The van der Waals surface area contributed by atoms with Crippen LogP contribution in [0, 0.1) is 11.3 Å². The van der Waals surface area contributed by atoms with Gasteiger partial charge in [-0.2, -0.15) is 10.2 Å². The van der Waals surface area contributed by atoms with Gasteiger partial charge in [-0.15, -0.1) is 0 Å². The third-order valence-electron chi connectivity index (χ3n) is 4.42. The first kappa shape index (κ1) is 21.1. The molecule has 3 heterocycles. The van der Waals surface area contributed by atoms with E-state index >= 15 is 0 Å². The number of nitrogens with one attached hydrogen (secondary N) is 1. The number of pyridine rings is 1. The molecule has 1 N–H and O–H groups in total. The summed E-state index contributed by atoms with van der Waals surface area (Å²) in [6.07, 6.45) is 4.21. The quantitative estimate of drug-likeness (QED) is 0.322. The van der Waals surface area contributed by atoms with Crippen LogP contribution in [0.5, 0.6) is 11.6 Å². The van der Waals surface area contributed by atoms with Crippen LogP contribution in [0.1, 0.15) is 11.3 Å². The lowest BCUT2D eigenvalue weighted by Gasteiger charge is -2.10. The van der Waals surface area contributed by atoms with Crippen molar-refractivity contribution in [3.63, 3.8) is 0 Å². The van der Waals surface area contributed by atoms with Gasteiger partial charge in [-0.25, -0.2) is 0 Å². The van der Waals surface area contributed by atoms with Gasteiger partial charge in [-0.05, 0) is 54.6 Å². The molecule has 0 saturated carbocycles. The fraction of sp³-hybridized carbons (Fsp3) is 0.0435. The molecule has 0 unspecified atom stereocenters. The number of halogens is 1. The van der Waals surface area contributed by atoms with E-state index in [4.69, 9.17) is 9.15 Å². The van der Waals surface area contributed by atoms with Crippen molar-refractivity contribution in [3.8, 4) is 17.7 Å². The van der Waals surface area contributed by atoms with Gasteiger partial charge in [0.25, 0.3) is 11.5 Å². The van der Waals surface area contributed by atoms with Gasteiger partial charge in [-0.3, -0.25) is 14.0 Å². The Bertz CT molecular complexity index is 1400. The van der Waals surface area contributed by atoms with Crippen molar-refractivity contribution in [2.24, 2.45) is 0 Å². The summed E-state index contributed by atoms with van der Waals surface area (Å²) in [7, 11) is 0. The molecule has 9 heteroatoms. The SMILES string of the molecule is N#C/C(=C\c1c(Oc2ccc(Br)cc2)nc2ccccn2c1=O)C(=O)NCc1ccco1. The van der Waals surface area contributed by atoms with Gasteiger partial charge in [0.15, 0.2) is 0 Å². The Labute approximate surface area is 190 Å². The number of hydrogen-bond acceptors (Lipinski definition) is 6. The Balaban J connectivity index is 1.75. The van der Waals surface area contributed by atoms with Gasteiger partial charge < -0.3 is 14.5 Å². The second kappa shape index (κ2) is 9.32. The molecular weight excluding hydrogens is 476 g/mol. The van der Waals surface area contributed by atoms with Crippen molar-refractivity contribution in [3.05, 3.63) is 98.8 Å². The standard InChI is InChI=1S/C23H15BrN4O4/c24-16-6-8-17(9-7-16)32-22-19(23(30)28-10-2-1-5-20(28)27-22)12-15(13-25)21(29)26-14-18-4-3-11-31-18/h1-12H,14H2,(H,26,29)/b15-12+. The number of amides is 1. The Morgan fingerprint density at radius 1 is 1.22 bits per heavy atom. The van der Waals surface area contributed by atoms with Gasteiger partial charge >= 0.3 is 0 Å². The predicted molar refractivity (Wildman–Crippen MR) is 120 cm³/mol. The topological polar surface area (TPSA) is 110 Å². The number of aromatic nitrogens is 2. The summed E-state index contributed by atoms with van der Waals surface area (Å²) in [6, 6.07) is 17.3. The number of fused-ring (bicyclic) bond motifs is 1. The minimum atomic E-state index is -0.656. The van der Waals surface area contributed by atoms with Crippen molar-refractivity contribution in [2.45, 2.75) is 6.54 Å². The molecule has 0 aliphatic heterocycles. The maximum Gasteiger partial charge on any atom is 0.269 e. The van der Waals surface area contributed by atoms with E-state index in [9.17, 15) is 14.9 Å². The molecule has 0 saturated heterocycles. The Morgan fingerprint density at radius 2 is 2.03 bits per heavy atom. The Kier molecular flexibility index (Phi) is 6.14. The molecule has 8 nitrogen and oxygen atoms in total. The number of benzene rings is 1. The molecule has 0 aliphatic rings. The van der Waals surface area contributed by atoms with E-state index in [1.165, 1.54) is 16.7 Å². The van der Waals surface area contributed by atoms with Crippen LogP contribution in [0.3, 0.4) is 0 Å². The zero-order chi connectivity index (χ0) is 22.5. The molecule has 32 heavy (non-hydrogen) atoms. The number of furan rings is 1. The van der Waals surface area contributed by atoms with Crippen molar-refractivity contribution in [2.75, 3.05) is 0 Å². The maximum absolute atomic E-state index is 13.1. The maximum atomic E-state index is 13.1. The van der Waals surface area contributed by atoms with Crippen molar-refractivity contribution in [1.82, 2.24) is 14.7 Å². The Morgan fingerprint density at radius 3 is 2.75 bits per heavy atom. The smallest absolute Gasteiger partial charge is 0.269 e. The lowest BCUT2D eigenvalue weighted by atomic mass is 10.1. The second-order valence-electron chi connectivity index (χ2n) is 6.55. The van der Waals surface area contributed by atoms with E-state index in [-0.39, 0.29) is 23.6 Å². The average molecular weight is 491 g/mol. The summed E-state index contributed by atoms with van der Waals surface area (Å²) in [6.45, 7) is 0.0993. The van der Waals surface area contributed by atoms with Gasteiger partial charge in [0.1, 0.15) is 34.4 Å². The molecule has 0 fully saturated rings. The number of ether oxygens (including phenoxy) is 1. The first-order valence-corrected chi connectivity index (χ1v) is 10.2. The number of rotatable bonds is 6. The zero-order valence-corrected chi connectivity index (χ0v) is 18.1.